The van der Waals surface area contributed by atoms with Crippen LogP contribution in [0.1, 0.15) is 39.0 Å². The van der Waals surface area contributed by atoms with Gasteiger partial charge in [0.15, 0.2) is 0 Å². The molecule has 2 rings (SSSR count). The summed E-state index contributed by atoms with van der Waals surface area (Å²) in [5.74, 6) is 0.762. The topological polar surface area (TPSA) is 32.3 Å². The predicted molar refractivity (Wildman–Crippen MR) is 69.7 cm³/mol. The third-order valence-corrected chi connectivity index (χ3v) is 4.17. The van der Waals surface area contributed by atoms with E-state index >= 15 is 0 Å². The van der Waals surface area contributed by atoms with Crippen LogP contribution in [0.25, 0.3) is 0 Å². The van der Waals surface area contributed by atoms with Gasteiger partial charge in [-0.1, -0.05) is 25.8 Å². The molecule has 17 heavy (non-hydrogen) atoms. The molecule has 2 unspecified atom stereocenters. The smallest absolute Gasteiger partial charge is 0.240 e. The molecule has 3 nitrogen and oxygen atoms in total. The average molecular weight is 236 g/mol. The molecule has 0 spiro atoms. The number of hydrogen-bond donors (Lipinski definition) is 1. The Labute approximate surface area is 104 Å². The van der Waals surface area contributed by atoms with E-state index in [0.29, 0.717) is 24.4 Å². The van der Waals surface area contributed by atoms with Crippen molar-refractivity contribution in [1.82, 2.24) is 10.2 Å². The monoisotopic (exact) mass is 236 g/mol. The van der Waals surface area contributed by atoms with Crippen LogP contribution in [0.5, 0.6) is 0 Å². The largest absolute Gasteiger partial charge is 0.335 e. The molecule has 0 bridgehead atoms. The van der Waals surface area contributed by atoms with Gasteiger partial charge in [-0.3, -0.25) is 4.79 Å². The van der Waals surface area contributed by atoms with E-state index in [-0.39, 0.29) is 6.04 Å². The van der Waals surface area contributed by atoms with Crippen molar-refractivity contribution >= 4 is 5.91 Å². The van der Waals surface area contributed by atoms with Crippen molar-refractivity contribution in [2.45, 2.75) is 51.1 Å². The van der Waals surface area contributed by atoms with Crippen molar-refractivity contribution in [3.8, 4) is 0 Å². The van der Waals surface area contributed by atoms with E-state index in [1.165, 1.54) is 25.7 Å². The van der Waals surface area contributed by atoms with Crippen molar-refractivity contribution in [2.75, 3.05) is 13.1 Å². The molecular formula is C14H24N2O. The highest BCUT2D eigenvalue weighted by Crippen LogP contribution is 2.26. The van der Waals surface area contributed by atoms with E-state index in [9.17, 15) is 4.79 Å². The van der Waals surface area contributed by atoms with Gasteiger partial charge in [0.2, 0.25) is 5.91 Å². The van der Waals surface area contributed by atoms with Crippen LogP contribution in [-0.2, 0) is 4.79 Å². The Kier molecular flexibility index (Phi) is 4.21. The molecule has 2 atom stereocenters. The van der Waals surface area contributed by atoms with Crippen molar-refractivity contribution in [3.05, 3.63) is 12.7 Å². The Bertz CT molecular complexity index is 284. The first-order chi connectivity index (χ1) is 8.24. The number of carbonyl (C=O) groups excluding carboxylic acids is 1. The molecule has 1 N–H and O–H groups in total. The molecule has 2 fully saturated rings. The van der Waals surface area contributed by atoms with Gasteiger partial charge in [0.05, 0.1) is 6.04 Å². The van der Waals surface area contributed by atoms with Gasteiger partial charge in [-0.05, 0) is 31.7 Å². The first kappa shape index (κ1) is 12.6. The molecule has 1 saturated heterocycles. The number of carbonyl (C=O) groups is 1. The lowest BCUT2D eigenvalue weighted by Gasteiger charge is -2.31. The zero-order chi connectivity index (χ0) is 12.3. The van der Waals surface area contributed by atoms with Crippen LogP contribution in [0, 0.1) is 5.92 Å². The van der Waals surface area contributed by atoms with Crippen LogP contribution in [0.4, 0.5) is 0 Å². The first-order valence-corrected chi connectivity index (χ1v) is 6.88. The summed E-state index contributed by atoms with van der Waals surface area (Å²) in [5, 5.41) is 3.34. The van der Waals surface area contributed by atoms with Crippen LogP contribution in [0.2, 0.25) is 0 Å². The average Bonchev–Trinajstić information content (AvgIpc) is 2.95. The molecule has 3 heteroatoms. The van der Waals surface area contributed by atoms with Crippen molar-refractivity contribution in [3.63, 3.8) is 0 Å². The Hall–Kier alpha value is -0.830. The fraction of sp³-hybridized carbons (Fsp3) is 0.786. The summed E-state index contributed by atoms with van der Waals surface area (Å²) in [6.45, 7) is 7.63. The fourth-order valence-electron chi connectivity index (χ4n) is 3.12. The maximum atomic E-state index is 12.5. The highest BCUT2D eigenvalue weighted by Gasteiger charge is 2.35. The standard InChI is InChI=1S/C14H24N2O/c1-3-10-16(12-6-4-5-7-12)14(17)13-11(2)8-9-15-13/h3,11-13,15H,1,4-10H2,2H3. The van der Waals surface area contributed by atoms with Gasteiger partial charge in [0, 0.05) is 12.6 Å². The maximum Gasteiger partial charge on any atom is 0.240 e. The Balaban J connectivity index is 2.03. The number of nitrogens with zero attached hydrogens (tertiary/aromatic N) is 1. The van der Waals surface area contributed by atoms with Crippen LogP contribution in [0.3, 0.4) is 0 Å². The summed E-state index contributed by atoms with van der Waals surface area (Å²) in [6.07, 6.45) is 7.83. The van der Waals surface area contributed by atoms with Crippen LogP contribution in [-0.4, -0.2) is 36.0 Å². The zero-order valence-electron chi connectivity index (χ0n) is 10.8. The van der Waals surface area contributed by atoms with Gasteiger partial charge in [0.1, 0.15) is 0 Å². The van der Waals surface area contributed by atoms with Gasteiger partial charge in [-0.25, -0.2) is 0 Å². The predicted octanol–water partition coefficient (Wildman–Crippen LogP) is 1.94. The highest BCUT2D eigenvalue weighted by molar-refractivity contribution is 5.83. The van der Waals surface area contributed by atoms with Crippen molar-refractivity contribution in [2.24, 2.45) is 5.92 Å². The summed E-state index contributed by atoms with van der Waals surface area (Å²) in [6, 6.07) is 0.491. The normalized spacial score (nSPS) is 29.5. The lowest BCUT2D eigenvalue weighted by Crippen LogP contribution is -2.49. The SMILES string of the molecule is C=CCN(C(=O)C1NCCC1C)C1CCCC1. The fourth-order valence-corrected chi connectivity index (χ4v) is 3.12. The van der Waals surface area contributed by atoms with Crippen LogP contribution >= 0.6 is 0 Å². The molecule has 1 aliphatic heterocycles. The second kappa shape index (κ2) is 5.67. The number of amides is 1. The van der Waals surface area contributed by atoms with Gasteiger partial charge in [-0.2, -0.15) is 0 Å². The third kappa shape index (κ3) is 2.71. The zero-order valence-corrected chi connectivity index (χ0v) is 10.8. The highest BCUT2D eigenvalue weighted by atomic mass is 16.2. The molecule has 2 aliphatic rings. The van der Waals surface area contributed by atoms with E-state index in [1.54, 1.807) is 0 Å². The Morgan fingerprint density at radius 3 is 2.65 bits per heavy atom. The van der Waals surface area contributed by atoms with Crippen molar-refractivity contribution in [1.29, 1.82) is 0 Å². The lowest BCUT2D eigenvalue weighted by molar-refractivity contribution is -0.135. The summed E-state index contributed by atoms with van der Waals surface area (Å²) in [4.78, 5) is 14.6. The summed E-state index contributed by atoms with van der Waals surface area (Å²) in [7, 11) is 0. The van der Waals surface area contributed by atoms with E-state index in [4.69, 9.17) is 0 Å². The number of hydrogen-bond acceptors (Lipinski definition) is 2. The molecular weight excluding hydrogens is 212 g/mol. The van der Waals surface area contributed by atoms with Gasteiger partial charge >= 0.3 is 0 Å². The van der Waals surface area contributed by atoms with Crippen molar-refractivity contribution < 1.29 is 4.79 Å². The maximum absolute atomic E-state index is 12.5. The number of rotatable bonds is 4. The molecule has 1 saturated carbocycles. The Morgan fingerprint density at radius 1 is 1.41 bits per heavy atom. The van der Waals surface area contributed by atoms with Gasteiger partial charge in [0.25, 0.3) is 0 Å². The molecule has 1 heterocycles. The van der Waals surface area contributed by atoms with E-state index in [1.807, 2.05) is 6.08 Å². The minimum absolute atomic E-state index is 0.0375. The van der Waals surface area contributed by atoms with E-state index in [0.717, 1.165) is 13.0 Å². The first-order valence-electron chi connectivity index (χ1n) is 6.88. The Morgan fingerprint density at radius 2 is 2.12 bits per heavy atom. The molecule has 1 aliphatic carbocycles. The van der Waals surface area contributed by atoms with Crippen LogP contribution < -0.4 is 5.32 Å². The minimum Gasteiger partial charge on any atom is -0.335 e. The molecule has 0 aromatic carbocycles. The van der Waals surface area contributed by atoms with E-state index < -0.39 is 0 Å². The van der Waals surface area contributed by atoms with Gasteiger partial charge < -0.3 is 10.2 Å². The molecule has 0 aromatic heterocycles. The summed E-state index contributed by atoms with van der Waals surface area (Å²) in [5.41, 5.74) is 0. The van der Waals surface area contributed by atoms with Crippen LogP contribution in [0.15, 0.2) is 12.7 Å². The van der Waals surface area contributed by atoms with Gasteiger partial charge in [-0.15, -0.1) is 6.58 Å². The second-order valence-electron chi connectivity index (χ2n) is 5.42. The molecule has 1 amide bonds. The second-order valence-corrected chi connectivity index (χ2v) is 5.42. The number of nitrogens with one attached hydrogen (secondary N) is 1. The third-order valence-electron chi connectivity index (χ3n) is 4.17. The summed E-state index contributed by atoms with van der Waals surface area (Å²) >= 11 is 0. The summed E-state index contributed by atoms with van der Waals surface area (Å²) < 4.78 is 0. The molecule has 96 valence electrons. The minimum atomic E-state index is 0.0375. The lowest BCUT2D eigenvalue weighted by atomic mass is 10.0. The van der Waals surface area contributed by atoms with E-state index in [2.05, 4.69) is 23.7 Å². The quantitative estimate of drug-likeness (QED) is 0.757. The molecule has 0 radical (unpaired) electrons. The molecule has 0 aromatic rings.